The van der Waals surface area contributed by atoms with Gasteiger partial charge in [0.15, 0.2) is 0 Å². The van der Waals surface area contributed by atoms with E-state index in [0.29, 0.717) is 0 Å². The summed E-state index contributed by atoms with van der Waals surface area (Å²) in [6.07, 6.45) is 2.10. The van der Waals surface area contributed by atoms with Crippen molar-refractivity contribution in [1.29, 1.82) is 0 Å². The molecule has 0 saturated heterocycles. The number of ether oxygens (including phenoxy) is 1. The molecule has 0 aliphatic heterocycles. The largest absolute Gasteiger partial charge is 0.497 e. The molecule has 0 spiro atoms. The van der Waals surface area contributed by atoms with Crippen LogP contribution in [0.25, 0.3) is 5.57 Å². The van der Waals surface area contributed by atoms with E-state index in [0.717, 1.165) is 29.2 Å². The molecule has 1 aromatic carbocycles. The van der Waals surface area contributed by atoms with Crippen molar-refractivity contribution < 1.29 is 4.74 Å². The standard InChI is InChI=1S/C13H17ClO/c1-4-6-13(10(2)14)11-7-5-8-12(9-11)15-3/h5,7-9H,4,6H2,1-3H3/b13-10-. The topological polar surface area (TPSA) is 9.23 Å². The van der Waals surface area contributed by atoms with Gasteiger partial charge in [0.1, 0.15) is 5.75 Å². The van der Waals surface area contributed by atoms with Crippen molar-refractivity contribution in [2.75, 3.05) is 7.11 Å². The molecule has 0 unspecified atom stereocenters. The molecule has 0 N–H and O–H groups in total. The van der Waals surface area contributed by atoms with Gasteiger partial charge in [0.2, 0.25) is 0 Å². The fourth-order valence-electron chi connectivity index (χ4n) is 1.58. The second-order valence-corrected chi connectivity index (χ2v) is 4.06. The van der Waals surface area contributed by atoms with Crippen LogP contribution in [0, 0.1) is 0 Å². The molecule has 1 aromatic rings. The molecule has 0 radical (unpaired) electrons. The highest BCUT2D eigenvalue weighted by molar-refractivity contribution is 6.32. The molecule has 0 amide bonds. The minimum atomic E-state index is 0.866. The molecule has 0 aliphatic carbocycles. The molecule has 0 aromatic heterocycles. The van der Waals surface area contributed by atoms with Crippen molar-refractivity contribution in [3.63, 3.8) is 0 Å². The normalized spacial score (nSPS) is 12.3. The van der Waals surface area contributed by atoms with Crippen LogP contribution >= 0.6 is 11.6 Å². The highest BCUT2D eigenvalue weighted by Crippen LogP contribution is 2.28. The Morgan fingerprint density at radius 3 is 2.67 bits per heavy atom. The van der Waals surface area contributed by atoms with Crippen LogP contribution < -0.4 is 4.74 Å². The summed E-state index contributed by atoms with van der Waals surface area (Å²) in [6, 6.07) is 8.02. The fraction of sp³-hybridized carbons (Fsp3) is 0.385. The lowest BCUT2D eigenvalue weighted by molar-refractivity contribution is 0.414. The van der Waals surface area contributed by atoms with Crippen LogP contribution in [0.5, 0.6) is 5.75 Å². The van der Waals surface area contributed by atoms with E-state index in [1.165, 1.54) is 5.57 Å². The zero-order valence-corrected chi connectivity index (χ0v) is 10.3. The molecule has 0 bridgehead atoms. The number of hydrogen-bond acceptors (Lipinski definition) is 1. The van der Waals surface area contributed by atoms with E-state index in [4.69, 9.17) is 16.3 Å². The number of methoxy groups -OCH3 is 1. The summed E-state index contributed by atoms with van der Waals surface area (Å²) < 4.78 is 5.20. The first kappa shape index (κ1) is 12.1. The Labute approximate surface area is 96.7 Å². The molecule has 0 aliphatic rings. The molecule has 1 nitrogen and oxygen atoms in total. The third-order valence-electron chi connectivity index (χ3n) is 2.33. The van der Waals surface area contributed by atoms with E-state index in [-0.39, 0.29) is 0 Å². The van der Waals surface area contributed by atoms with Crippen LogP contribution in [0.2, 0.25) is 0 Å². The Morgan fingerprint density at radius 1 is 1.40 bits per heavy atom. The SMILES string of the molecule is CCC/C(=C(\C)Cl)c1cccc(OC)c1. The number of allylic oxidation sites excluding steroid dienone is 2. The molecule has 82 valence electrons. The highest BCUT2D eigenvalue weighted by Gasteiger charge is 2.04. The van der Waals surface area contributed by atoms with Gasteiger partial charge in [-0.25, -0.2) is 0 Å². The number of benzene rings is 1. The lowest BCUT2D eigenvalue weighted by Gasteiger charge is -2.09. The Hall–Kier alpha value is -0.950. The first-order valence-corrected chi connectivity index (χ1v) is 5.56. The molecule has 0 fully saturated rings. The van der Waals surface area contributed by atoms with Crippen molar-refractivity contribution in [2.45, 2.75) is 26.7 Å². The van der Waals surface area contributed by atoms with Gasteiger partial charge >= 0.3 is 0 Å². The molecule has 2 heteroatoms. The molecule has 15 heavy (non-hydrogen) atoms. The number of rotatable bonds is 4. The zero-order chi connectivity index (χ0) is 11.3. The maximum atomic E-state index is 6.09. The number of halogens is 1. The van der Waals surface area contributed by atoms with E-state index in [1.807, 2.05) is 25.1 Å². The smallest absolute Gasteiger partial charge is 0.119 e. The van der Waals surface area contributed by atoms with Gasteiger partial charge < -0.3 is 4.74 Å². The van der Waals surface area contributed by atoms with Crippen LogP contribution in [-0.4, -0.2) is 7.11 Å². The van der Waals surface area contributed by atoms with Gasteiger partial charge in [-0.3, -0.25) is 0 Å². The summed E-state index contributed by atoms with van der Waals surface area (Å²) in [7, 11) is 1.68. The summed E-state index contributed by atoms with van der Waals surface area (Å²) in [5.74, 6) is 0.874. The van der Waals surface area contributed by atoms with Crippen molar-refractivity contribution in [1.82, 2.24) is 0 Å². The van der Waals surface area contributed by atoms with Crippen molar-refractivity contribution in [2.24, 2.45) is 0 Å². The monoisotopic (exact) mass is 224 g/mol. The van der Waals surface area contributed by atoms with Gasteiger partial charge in [0.25, 0.3) is 0 Å². The van der Waals surface area contributed by atoms with Crippen LogP contribution in [0.15, 0.2) is 29.3 Å². The van der Waals surface area contributed by atoms with Crippen molar-refractivity contribution >= 4 is 17.2 Å². The molecule has 0 atom stereocenters. The van der Waals surface area contributed by atoms with Crippen LogP contribution in [0.4, 0.5) is 0 Å². The van der Waals surface area contributed by atoms with E-state index in [9.17, 15) is 0 Å². The summed E-state index contributed by atoms with van der Waals surface area (Å²) >= 11 is 6.09. The van der Waals surface area contributed by atoms with E-state index in [1.54, 1.807) is 7.11 Å². The Kier molecular flexibility index (Phi) is 4.70. The third-order valence-corrected chi connectivity index (χ3v) is 2.56. The molecule has 0 heterocycles. The lowest BCUT2D eigenvalue weighted by Crippen LogP contribution is -1.89. The summed E-state index contributed by atoms with van der Waals surface area (Å²) in [5.41, 5.74) is 2.36. The van der Waals surface area contributed by atoms with Crippen molar-refractivity contribution in [3.8, 4) is 5.75 Å². The highest BCUT2D eigenvalue weighted by atomic mass is 35.5. The average molecular weight is 225 g/mol. The third kappa shape index (κ3) is 3.28. The lowest BCUT2D eigenvalue weighted by atomic mass is 10.0. The molecule has 0 saturated carbocycles. The molecular formula is C13H17ClO. The summed E-state index contributed by atoms with van der Waals surface area (Å²) in [6.45, 7) is 4.09. The Bertz CT molecular complexity index is 351. The van der Waals surface area contributed by atoms with Crippen LogP contribution in [-0.2, 0) is 0 Å². The van der Waals surface area contributed by atoms with Crippen molar-refractivity contribution in [3.05, 3.63) is 34.9 Å². The first-order chi connectivity index (χ1) is 7.19. The first-order valence-electron chi connectivity index (χ1n) is 5.18. The van der Waals surface area contributed by atoms with Crippen LogP contribution in [0.3, 0.4) is 0 Å². The number of hydrogen-bond donors (Lipinski definition) is 0. The Balaban J connectivity index is 3.07. The van der Waals surface area contributed by atoms with Crippen LogP contribution in [0.1, 0.15) is 32.3 Å². The van der Waals surface area contributed by atoms with Gasteiger partial charge in [0.05, 0.1) is 7.11 Å². The maximum Gasteiger partial charge on any atom is 0.119 e. The quantitative estimate of drug-likeness (QED) is 0.734. The second kappa shape index (κ2) is 5.82. The maximum absolute atomic E-state index is 6.09. The minimum Gasteiger partial charge on any atom is -0.497 e. The summed E-state index contributed by atoms with van der Waals surface area (Å²) in [5, 5.41) is 0.866. The van der Waals surface area contributed by atoms with E-state index >= 15 is 0 Å². The van der Waals surface area contributed by atoms with Gasteiger partial charge in [-0.15, -0.1) is 0 Å². The van der Waals surface area contributed by atoms with Gasteiger partial charge in [0, 0.05) is 5.03 Å². The minimum absolute atomic E-state index is 0.866. The molecular weight excluding hydrogens is 208 g/mol. The Morgan fingerprint density at radius 2 is 2.13 bits per heavy atom. The van der Waals surface area contributed by atoms with Gasteiger partial charge in [-0.2, -0.15) is 0 Å². The molecule has 1 rings (SSSR count). The van der Waals surface area contributed by atoms with E-state index < -0.39 is 0 Å². The second-order valence-electron chi connectivity index (χ2n) is 3.49. The van der Waals surface area contributed by atoms with Gasteiger partial charge in [-0.1, -0.05) is 37.1 Å². The van der Waals surface area contributed by atoms with E-state index in [2.05, 4.69) is 13.0 Å². The predicted molar refractivity (Wildman–Crippen MR) is 66.3 cm³/mol. The zero-order valence-electron chi connectivity index (χ0n) is 9.51. The summed E-state index contributed by atoms with van der Waals surface area (Å²) in [4.78, 5) is 0. The van der Waals surface area contributed by atoms with Gasteiger partial charge in [-0.05, 0) is 36.6 Å². The fourth-order valence-corrected chi connectivity index (χ4v) is 1.78. The average Bonchev–Trinajstić information content (AvgIpc) is 2.25. The predicted octanol–water partition coefficient (Wildman–Crippen LogP) is 4.47.